The molecular weight excluding hydrogens is 390 g/mol. The Labute approximate surface area is 170 Å². The van der Waals surface area contributed by atoms with Crippen LogP contribution in [0.4, 0.5) is 5.69 Å². The summed E-state index contributed by atoms with van der Waals surface area (Å²) in [6.45, 7) is 1.65. The number of rotatable bonds is 4. The smallest absolute Gasteiger partial charge is 0.307 e. The fourth-order valence-electron chi connectivity index (χ4n) is 4.65. The number of fused-ring (bicyclic) bond motifs is 3. The summed E-state index contributed by atoms with van der Waals surface area (Å²) in [7, 11) is -3.85. The topological polar surface area (TPSA) is 94.9 Å². The van der Waals surface area contributed by atoms with E-state index < -0.39 is 21.9 Å². The summed E-state index contributed by atoms with van der Waals surface area (Å²) >= 11 is 0. The second-order valence-electron chi connectivity index (χ2n) is 7.61. The minimum absolute atomic E-state index is 0.106. The van der Waals surface area contributed by atoms with Gasteiger partial charge in [0.2, 0.25) is 0 Å². The Kier molecular flexibility index (Phi) is 4.96. The third kappa shape index (κ3) is 3.14. The molecule has 1 aliphatic carbocycles. The number of para-hydroxylation sites is 1. The van der Waals surface area contributed by atoms with E-state index in [0.29, 0.717) is 28.8 Å². The number of benzene rings is 2. The summed E-state index contributed by atoms with van der Waals surface area (Å²) < 4.78 is 28.5. The Morgan fingerprint density at radius 2 is 1.83 bits per heavy atom. The lowest BCUT2D eigenvalue weighted by Crippen LogP contribution is -2.46. The fourth-order valence-corrected chi connectivity index (χ4v) is 6.40. The van der Waals surface area contributed by atoms with Crippen LogP contribution in [0.15, 0.2) is 65.1 Å². The third-order valence-electron chi connectivity index (χ3n) is 6.07. The highest BCUT2D eigenvalue weighted by atomic mass is 32.2. The van der Waals surface area contributed by atoms with Gasteiger partial charge < -0.3 is 10.2 Å². The zero-order valence-electron chi connectivity index (χ0n) is 16.0. The van der Waals surface area contributed by atoms with Gasteiger partial charge in [0.15, 0.2) is 0 Å². The van der Waals surface area contributed by atoms with Crippen LogP contribution in [-0.2, 0) is 14.8 Å². The molecule has 2 aliphatic rings. The molecule has 4 rings (SSSR count). The van der Waals surface area contributed by atoms with Gasteiger partial charge in [-0.2, -0.15) is 0 Å². The molecule has 6 nitrogen and oxygen atoms in total. The molecular formula is C22H23NO5S. The fraction of sp³-hybridized carbons (Fsp3) is 0.318. The third-order valence-corrected chi connectivity index (χ3v) is 8.01. The van der Waals surface area contributed by atoms with E-state index in [4.69, 9.17) is 0 Å². The molecule has 1 aliphatic heterocycles. The van der Waals surface area contributed by atoms with Crippen LogP contribution < -0.4 is 4.31 Å². The van der Waals surface area contributed by atoms with Gasteiger partial charge >= 0.3 is 5.97 Å². The molecule has 0 saturated heterocycles. The zero-order valence-corrected chi connectivity index (χ0v) is 16.8. The van der Waals surface area contributed by atoms with E-state index in [9.17, 15) is 23.4 Å². The van der Waals surface area contributed by atoms with Gasteiger partial charge in [-0.3, -0.25) is 9.10 Å². The summed E-state index contributed by atoms with van der Waals surface area (Å²) in [5.74, 6) is -2.32. The van der Waals surface area contributed by atoms with Gasteiger partial charge in [0.05, 0.1) is 23.1 Å². The molecule has 0 saturated carbocycles. The van der Waals surface area contributed by atoms with Crippen LogP contribution >= 0.6 is 0 Å². The number of hydrogen-bond acceptors (Lipinski definition) is 4. The molecule has 7 heteroatoms. The summed E-state index contributed by atoms with van der Waals surface area (Å²) in [5.41, 5.74) is 2.57. The van der Waals surface area contributed by atoms with Gasteiger partial charge in [0.1, 0.15) is 0 Å². The number of carbonyl (C=O) groups is 1. The lowest BCUT2D eigenvalue weighted by Gasteiger charge is -2.45. The molecule has 0 aromatic heterocycles. The van der Waals surface area contributed by atoms with Crippen LogP contribution in [0.3, 0.4) is 0 Å². The monoisotopic (exact) mass is 413 g/mol. The van der Waals surface area contributed by atoms with Crippen molar-refractivity contribution in [3.05, 3.63) is 71.3 Å². The van der Waals surface area contributed by atoms with Gasteiger partial charge in [0.25, 0.3) is 10.0 Å². The highest BCUT2D eigenvalue weighted by molar-refractivity contribution is 7.92. The minimum atomic E-state index is -3.85. The van der Waals surface area contributed by atoms with E-state index in [0.717, 1.165) is 0 Å². The second-order valence-corrected chi connectivity index (χ2v) is 9.44. The van der Waals surface area contributed by atoms with Crippen molar-refractivity contribution in [2.75, 3.05) is 17.5 Å². The lowest BCUT2D eigenvalue weighted by atomic mass is 9.67. The molecule has 3 atom stereocenters. The second kappa shape index (κ2) is 7.31. The molecule has 0 bridgehead atoms. The molecule has 152 valence electrons. The largest absolute Gasteiger partial charge is 0.481 e. The maximum absolute atomic E-state index is 13.6. The van der Waals surface area contributed by atoms with E-state index in [1.165, 1.54) is 4.31 Å². The average molecular weight is 413 g/mol. The predicted molar refractivity (Wildman–Crippen MR) is 109 cm³/mol. The Bertz CT molecular complexity index is 1090. The Hall–Kier alpha value is -2.64. The van der Waals surface area contributed by atoms with Gasteiger partial charge in [0, 0.05) is 18.4 Å². The quantitative estimate of drug-likeness (QED) is 0.752. The van der Waals surface area contributed by atoms with Crippen molar-refractivity contribution in [3.8, 4) is 0 Å². The normalized spacial score (nSPS) is 23.7. The molecule has 0 radical (unpaired) electrons. The number of anilines is 1. The van der Waals surface area contributed by atoms with E-state index in [-0.39, 0.29) is 29.9 Å². The number of carboxylic acid groups (broad SMARTS) is 1. The first-order valence-corrected chi connectivity index (χ1v) is 11.0. The summed E-state index contributed by atoms with van der Waals surface area (Å²) in [6.07, 6.45) is 2.08. The van der Waals surface area contributed by atoms with Crippen molar-refractivity contribution < 1.29 is 23.4 Å². The number of carboxylic acids is 1. The number of allylic oxidation sites excluding steroid dienone is 1. The number of hydrogen-bond donors (Lipinski definition) is 2. The molecule has 0 unspecified atom stereocenters. The van der Waals surface area contributed by atoms with Crippen molar-refractivity contribution in [2.24, 2.45) is 11.8 Å². The molecule has 2 aromatic carbocycles. The highest BCUT2D eigenvalue weighted by Crippen LogP contribution is 2.50. The van der Waals surface area contributed by atoms with Crippen molar-refractivity contribution in [1.82, 2.24) is 0 Å². The number of aliphatic hydroxyl groups excluding tert-OH is 1. The molecule has 29 heavy (non-hydrogen) atoms. The minimum Gasteiger partial charge on any atom is -0.481 e. The van der Waals surface area contributed by atoms with E-state index in [1.54, 1.807) is 55.5 Å². The van der Waals surface area contributed by atoms with Crippen molar-refractivity contribution in [2.45, 2.75) is 24.2 Å². The summed E-state index contributed by atoms with van der Waals surface area (Å²) in [5, 5.41) is 19.6. The van der Waals surface area contributed by atoms with Crippen LogP contribution in [-0.4, -0.2) is 37.8 Å². The number of nitrogens with zero attached hydrogens (tertiary/aromatic N) is 1. The van der Waals surface area contributed by atoms with Crippen molar-refractivity contribution >= 4 is 21.7 Å². The summed E-state index contributed by atoms with van der Waals surface area (Å²) in [4.78, 5) is 12.2. The Balaban J connectivity index is 1.90. The molecule has 2 aromatic rings. The zero-order chi connectivity index (χ0) is 20.8. The van der Waals surface area contributed by atoms with Crippen LogP contribution in [0.25, 0.3) is 0 Å². The predicted octanol–water partition coefficient (Wildman–Crippen LogP) is 2.93. The first-order chi connectivity index (χ1) is 13.9. The van der Waals surface area contributed by atoms with Gasteiger partial charge in [-0.15, -0.1) is 0 Å². The number of aliphatic hydroxyl groups is 1. The SMILES string of the molecule is Cc1ccccc1S(=O)(=O)N1C[C@@H]2C(CO)=CC[C@H](C(=O)O)[C@H]2c2ccccc21. The van der Waals surface area contributed by atoms with Crippen LogP contribution in [0.1, 0.15) is 23.5 Å². The Morgan fingerprint density at radius 1 is 1.14 bits per heavy atom. The van der Waals surface area contributed by atoms with Crippen LogP contribution in [0.2, 0.25) is 0 Å². The van der Waals surface area contributed by atoms with Crippen LogP contribution in [0.5, 0.6) is 0 Å². The number of aliphatic carboxylic acids is 1. The Morgan fingerprint density at radius 3 is 2.52 bits per heavy atom. The maximum atomic E-state index is 13.6. The standard InChI is InChI=1S/C22H23NO5S/c1-14-6-2-5-9-20(14)29(27,28)23-12-18-15(13-24)10-11-17(22(25)26)21(18)16-7-3-4-8-19(16)23/h2-10,17-18,21,24H,11-13H2,1H3,(H,25,26)/t17-,18+,21+/m0/s1. The molecule has 1 heterocycles. The van der Waals surface area contributed by atoms with Gasteiger partial charge in [-0.25, -0.2) is 8.42 Å². The van der Waals surface area contributed by atoms with E-state index in [1.807, 2.05) is 6.07 Å². The number of sulfonamides is 1. The molecule has 0 spiro atoms. The van der Waals surface area contributed by atoms with Gasteiger partial charge in [-0.1, -0.05) is 42.5 Å². The maximum Gasteiger partial charge on any atom is 0.307 e. The molecule has 0 fully saturated rings. The number of aryl methyl sites for hydroxylation is 1. The molecule has 0 amide bonds. The van der Waals surface area contributed by atoms with Gasteiger partial charge in [-0.05, 0) is 42.2 Å². The lowest BCUT2D eigenvalue weighted by molar-refractivity contribution is -0.143. The van der Waals surface area contributed by atoms with Crippen molar-refractivity contribution in [1.29, 1.82) is 0 Å². The highest BCUT2D eigenvalue weighted by Gasteiger charge is 2.46. The summed E-state index contributed by atoms with van der Waals surface area (Å²) in [6, 6.07) is 13.9. The first kappa shape index (κ1) is 19.7. The van der Waals surface area contributed by atoms with Crippen LogP contribution in [0, 0.1) is 18.8 Å². The average Bonchev–Trinajstić information content (AvgIpc) is 2.72. The van der Waals surface area contributed by atoms with E-state index in [2.05, 4.69) is 0 Å². The van der Waals surface area contributed by atoms with Crippen molar-refractivity contribution in [3.63, 3.8) is 0 Å². The first-order valence-electron chi connectivity index (χ1n) is 9.56. The molecule has 2 N–H and O–H groups in total. The van der Waals surface area contributed by atoms with E-state index >= 15 is 0 Å².